The third-order valence-corrected chi connectivity index (χ3v) is 3.39. The summed E-state index contributed by atoms with van der Waals surface area (Å²) in [5.74, 6) is 3.52. The summed E-state index contributed by atoms with van der Waals surface area (Å²) >= 11 is 0. The van der Waals surface area contributed by atoms with Gasteiger partial charge >= 0.3 is 0 Å². The van der Waals surface area contributed by atoms with E-state index in [0.717, 1.165) is 28.0 Å². The molecule has 0 fully saturated rings. The van der Waals surface area contributed by atoms with Crippen LogP contribution in [-0.4, -0.2) is 4.98 Å². The molecule has 3 rings (SSSR count). The standard InChI is InChI=1S/C20H15NO/c1-2-17-12-13-21-14-20(17)18-8-10-19(11-9-18)22-15-16-6-4-3-5-7-16/h1,3-14H,15H2. The Kier molecular flexibility index (Phi) is 4.17. The molecule has 0 unspecified atom stereocenters. The lowest BCUT2D eigenvalue weighted by Gasteiger charge is -2.08. The smallest absolute Gasteiger partial charge is 0.119 e. The van der Waals surface area contributed by atoms with E-state index < -0.39 is 0 Å². The van der Waals surface area contributed by atoms with Crippen molar-refractivity contribution in [1.29, 1.82) is 0 Å². The van der Waals surface area contributed by atoms with E-state index in [2.05, 4.69) is 10.9 Å². The number of aromatic nitrogens is 1. The van der Waals surface area contributed by atoms with Crippen LogP contribution in [-0.2, 0) is 6.61 Å². The fraction of sp³-hybridized carbons (Fsp3) is 0.0500. The van der Waals surface area contributed by atoms with Crippen molar-refractivity contribution in [3.8, 4) is 29.2 Å². The van der Waals surface area contributed by atoms with Crippen LogP contribution in [0.2, 0.25) is 0 Å². The minimum Gasteiger partial charge on any atom is -0.489 e. The zero-order valence-electron chi connectivity index (χ0n) is 12.1. The second-order valence-corrected chi connectivity index (χ2v) is 4.86. The summed E-state index contributed by atoms with van der Waals surface area (Å²) in [5, 5.41) is 0. The van der Waals surface area contributed by atoms with Crippen molar-refractivity contribution in [2.45, 2.75) is 6.61 Å². The largest absolute Gasteiger partial charge is 0.489 e. The van der Waals surface area contributed by atoms with Gasteiger partial charge in [0.25, 0.3) is 0 Å². The monoisotopic (exact) mass is 285 g/mol. The Hall–Kier alpha value is -3.05. The summed E-state index contributed by atoms with van der Waals surface area (Å²) in [6, 6.07) is 19.8. The summed E-state index contributed by atoms with van der Waals surface area (Å²) in [6.07, 6.45) is 9.02. The fourth-order valence-electron chi connectivity index (χ4n) is 2.22. The Labute approximate surface area is 130 Å². The highest BCUT2D eigenvalue weighted by Gasteiger charge is 2.04. The van der Waals surface area contributed by atoms with Crippen molar-refractivity contribution in [2.24, 2.45) is 0 Å². The Bertz CT molecular complexity index is 786. The molecule has 0 saturated heterocycles. The molecule has 0 atom stereocenters. The Morgan fingerprint density at radius 3 is 2.45 bits per heavy atom. The lowest BCUT2D eigenvalue weighted by molar-refractivity contribution is 0.306. The van der Waals surface area contributed by atoms with E-state index in [1.807, 2.05) is 60.7 Å². The van der Waals surface area contributed by atoms with Crippen molar-refractivity contribution in [3.05, 3.63) is 84.2 Å². The van der Waals surface area contributed by atoms with Crippen LogP contribution in [0, 0.1) is 12.3 Å². The van der Waals surface area contributed by atoms with E-state index >= 15 is 0 Å². The highest BCUT2D eigenvalue weighted by Crippen LogP contribution is 2.24. The molecule has 0 spiro atoms. The molecule has 106 valence electrons. The SMILES string of the molecule is C#Cc1ccncc1-c1ccc(OCc2ccccc2)cc1. The third kappa shape index (κ3) is 3.16. The Morgan fingerprint density at radius 1 is 0.955 bits per heavy atom. The third-order valence-electron chi connectivity index (χ3n) is 3.39. The fourth-order valence-corrected chi connectivity index (χ4v) is 2.22. The van der Waals surface area contributed by atoms with Crippen LogP contribution in [0.15, 0.2) is 73.1 Å². The number of terminal acetylenes is 1. The summed E-state index contributed by atoms with van der Waals surface area (Å²) in [4.78, 5) is 4.14. The van der Waals surface area contributed by atoms with Gasteiger partial charge in [-0.3, -0.25) is 4.98 Å². The van der Waals surface area contributed by atoms with Crippen LogP contribution in [0.5, 0.6) is 5.75 Å². The van der Waals surface area contributed by atoms with Crippen LogP contribution < -0.4 is 4.74 Å². The highest BCUT2D eigenvalue weighted by molar-refractivity contribution is 5.70. The number of pyridine rings is 1. The molecule has 0 radical (unpaired) electrons. The predicted molar refractivity (Wildman–Crippen MR) is 88.4 cm³/mol. The zero-order valence-corrected chi connectivity index (χ0v) is 12.1. The molecule has 2 nitrogen and oxygen atoms in total. The topological polar surface area (TPSA) is 22.1 Å². The maximum Gasteiger partial charge on any atom is 0.119 e. The summed E-state index contributed by atoms with van der Waals surface area (Å²) < 4.78 is 5.78. The molecule has 0 bridgehead atoms. The predicted octanol–water partition coefficient (Wildman–Crippen LogP) is 4.31. The number of nitrogens with zero attached hydrogens (tertiary/aromatic N) is 1. The number of hydrogen-bond donors (Lipinski definition) is 0. The van der Waals surface area contributed by atoms with Crippen LogP contribution in [0.3, 0.4) is 0 Å². The van der Waals surface area contributed by atoms with Gasteiger partial charge in [0.2, 0.25) is 0 Å². The van der Waals surface area contributed by atoms with E-state index in [-0.39, 0.29) is 0 Å². The van der Waals surface area contributed by atoms with Gasteiger partial charge in [0.15, 0.2) is 0 Å². The van der Waals surface area contributed by atoms with Gasteiger partial charge in [0, 0.05) is 23.5 Å². The van der Waals surface area contributed by atoms with Crippen molar-refractivity contribution < 1.29 is 4.74 Å². The molecule has 0 amide bonds. The van der Waals surface area contributed by atoms with Gasteiger partial charge in [-0.25, -0.2) is 0 Å². The minimum atomic E-state index is 0.558. The number of benzene rings is 2. The maximum atomic E-state index is 5.78. The highest BCUT2D eigenvalue weighted by atomic mass is 16.5. The Balaban J connectivity index is 1.74. The normalized spacial score (nSPS) is 9.95. The summed E-state index contributed by atoms with van der Waals surface area (Å²) in [6.45, 7) is 0.558. The lowest BCUT2D eigenvalue weighted by Crippen LogP contribution is -1.94. The van der Waals surface area contributed by atoms with Gasteiger partial charge in [0.05, 0.1) is 0 Å². The first-order chi connectivity index (χ1) is 10.9. The second-order valence-electron chi connectivity index (χ2n) is 4.86. The minimum absolute atomic E-state index is 0.558. The van der Waals surface area contributed by atoms with Gasteiger partial charge in [-0.05, 0) is 29.3 Å². The quantitative estimate of drug-likeness (QED) is 0.666. The Morgan fingerprint density at radius 2 is 1.73 bits per heavy atom. The molecule has 0 saturated carbocycles. The van der Waals surface area contributed by atoms with E-state index in [0.29, 0.717) is 6.61 Å². The number of ether oxygens (including phenoxy) is 1. The first-order valence-corrected chi connectivity index (χ1v) is 7.04. The molecular weight excluding hydrogens is 270 g/mol. The molecule has 0 N–H and O–H groups in total. The van der Waals surface area contributed by atoms with E-state index in [4.69, 9.17) is 11.2 Å². The van der Waals surface area contributed by atoms with Crippen molar-refractivity contribution in [2.75, 3.05) is 0 Å². The molecule has 1 aromatic heterocycles. The van der Waals surface area contributed by atoms with Crippen LogP contribution >= 0.6 is 0 Å². The summed E-state index contributed by atoms with van der Waals surface area (Å²) in [5.41, 5.74) is 3.98. The number of rotatable bonds is 4. The van der Waals surface area contributed by atoms with Crippen molar-refractivity contribution in [1.82, 2.24) is 4.98 Å². The molecule has 0 aliphatic carbocycles. The zero-order chi connectivity index (χ0) is 15.2. The summed E-state index contributed by atoms with van der Waals surface area (Å²) in [7, 11) is 0. The molecule has 22 heavy (non-hydrogen) atoms. The van der Waals surface area contributed by atoms with E-state index in [1.165, 1.54) is 0 Å². The van der Waals surface area contributed by atoms with Crippen LogP contribution in [0.25, 0.3) is 11.1 Å². The van der Waals surface area contributed by atoms with E-state index in [9.17, 15) is 0 Å². The molecule has 0 aliphatic heterocycles. The first kappa shape index (κ1) is 13.9. The molecule has 2 aromatic carbocycles. The first-order valence-electron chi connectivity index (χ1n) is 7.04. The van der Waals surface area contributed by atoms with Gasteiger partial charge in [-0.1, -0.05) is 48.4 Å². The molecule has 2 heteroatoms. The maximum absolute atomic E-state index is 5.78. The molecule has 0 aliphatic rings. The van der Waals surface area contributed by atoms with Crippen molar-refractivity contribution >= 4 is 0 Å². The second kappa shape index (κ2) is 6.60. The average molecular weight is 285 g/mol. The molecular formula is C20H15NO. The van der Waals surface area contributed by atoms with E-state index in [1.54, 1.807) is 12.4 Å². The van der Waals surface area contributed by atoms with Gasteiger partial charge in [0.1, 0.15) is 12.4 Å². The van der Waals surface area contributed by atoms with Gasteiger partial charge < -0.3 is 4.74 Å². The van der Waals surface area contributed by atoms with Crippen LogP contribution in [0.4, 0.5) is 0 Å². The average Bonchev–Trinajstić information content (AvgIpc) is 2.61. The lowest BCUT2D eigenvalue weighted by atomic mass is 10.0. The van der Waals surface area contributed by atoms with Crippen molar-refractivity contribution in [3.63, 3.8) is 0 Å². The van der Waals surface area contributed by atoms with Gasteiger partial charge in [-0.15, -0.1) is 6.42 Å². The number of hydrogen-bond acceptors (Lipinski definition) is 2. The molecule has 1 heterocycles. The van der Waals surface area contributed by atoms with Gasteiger partial charge in [-0.2, -0.15) is 0 Å². The van der Waals surface area contributed by atoms with Crippen LogP contribution in [0.1, 0.15) is 11.1 Å². The molecule has 3 aromatic rings.